The third-order valence-corrected chi connectivity index (χ3v) is 2.22. The number of aromatic amines is 1. The molecular weight excluding hydrogens is 184 g/mol. The molecule has 0 saturated carbocycles. The molecule has 0 aliphatic heterocycles. The topological polar surface area (TPSA) is 97.8 Å². The molecule has 0 amide bonds. The van der Waals surface area contributed by atoms with Crippen LogP contribution in [0.25, 0.3) is 0 Å². The highest BCUT2D eigenvalue weighted by Gasteiger charge is 2.25. The zero-order valence-corrected chi connectivity index (χ0v) is 8.28. The van der Waals surface area contributed by atoms with Crippen molar-refractivity contribution in [2.45, 2.75) is 25.7 Å². The summed E-state index contributed by atoms with van der Waals surface area (Å²) < 4.78 is 0. The Kier molecular flexibility index (Phi) is 2.85. The SMILES string of the molecule is CC(C)(CCN)c1cc([N+](=O)[O-])[nH]n1. The molecule has 3 N–H and O–H groups in total. The van der Waals surface area contributed by atoms with Gasteiger partial charge in [-0.3, -0.25) is 0 Å². The average molecular weight is 198 g/mol. The molecule has 14 heavy (non-hydrogen) atoms. The monoisotopic (exact) mass is 198 g/mol. The zero-order valence-electron chi connectivity index (χ0n) is 8.28. The van der Waals surface area contributed by atoms with Gasteiger partial charge in [0.2, 0.25) is 0 Å². The molecule has 6 heteroatoms. The molecule has 78 valence electrons. The highest BCUT2D eigenvalue weighted by atomic mass is 16.6. The molecule has 0 aliphatic rings. The summed E-state index contributed by atoms with van der Waals surface area (Å²) >= 11 is 0. The lowest BCUT2D eigenvalue weighted by Gasteiger charge is -2.19. The van der Waals surface area contributed by atoms with Crippen LogP contribution >= 0.6 is 0 Å². The van der Waals surface area contributed by atoms with Gasteiger partial charge >= 0.3 is 5.82 Å². The first-order valence-electron chi connectivity index (χ1n) is 4.38. The molecule has 1 rings (SSSR count). The Hall–Kier alpha value is -1.43. The first-order valence-corrected chi connectivity index (χ1v) is 4.38. The molecule has 0 atom stereocenters. The van der Waals surface area contributed by atoms with Crippen molar-refractivity contribution in [2.24, 2.45) is 5.73 Å². The summed E-state index contributed by atoms with van der Waals surface area (Å²) in [4.78, 5) is 9.92. The fourth-order valence-electron chi connectivity index (χ4n) is 1.24. The van der Waals surface area contributed by atoms with Crippen molar-refractivity contribution >= 4 is 5.82 Å². The Balaban J connectivity index is 2.90. The van der Waals surface area contributed by atoms with Crippen LogP contribution in [0.5, 0.6) is 0 Å². The van der Waals surface area contributed by atoms with Crippen molar-refractivity contribution in [2.75, 3.05) is 6.54 Å². The summed E-state index contributed by atoms with van der Waals surface area (Å²) in [5.74, 6) is -0.0786. The summed E-state index contributed by atoms with van der Waals surface area (Å²) in [6, 6.07) is 1.45. The summed E-state index contributed by atoms with van der Waals surface area (Å²) in [5, 5.41) is 16.7. The number of rotatable bonds is 4. The number of nitrogens with zero attached hydrogens (tertiary/aromatic N) is 2. The van der Waals surface area contributed by atoms with Crippen LogP contribution in [-0.2, 0) is 5.41 Å². The number of hydrogen-bond donors (Lipinski definition) is 2. The van der Waals surface area contributed by atoms with Crippen LogP contribution < -0.4 is 5.73 Å². The Morgan fingerprint density at radius 3 is 2.79 bits per heavy atom. The minimum atomic E-state index is -0.491. The van der Waals surface area contributed by atoms with E-state index in [0.29, 0.717) is 12.2 Å². The van der Waals surface area contributed by atoms with E-state index in [2.05, 4.69) is 10.2 Å². The van der Waals surface area contributed by atoms with Crippen molar-refractivity contribution in [1.29, 1.82) is 0 Å². The molecule has 6 nitrogen and oxygen atoms in total. The maximum Gasteiger partial charge on any atom is 0.342 e. The molecule has 0 saturated heterocycles. The van der Waals surface area contributed by atoms with Crippen LogP contribution in [0.1, 0.15) is 26.0 Å². The largest absolute Gasteiger partial charge is 0.358 e. The van der Waals surface area contributed by atoms with Crippen LogP contribution in [0.2, 0.25) is 0 Å². The predicted molar refractivity (Wildman–Crippen MR) is 51.9 cm³/mol. The first-order chi connectivity index (χ1) is 6.47. The maximum atomic E-state index is 10.4. The number of H-pyrrole nitrogens is 1. The van der Waals surface area contributed by atoms with Gasteiger partial charge < -0.3 is 15.8 Å². The number of hydrogen-bond acceptors (Lipinski definition) is 4. The molecule has 0 spiro atoms. The minimum absolute atomic E-state index is 0.0786. The van der Waals surface area contributed by atoms with Crippen LogP contribution in [0, 0.1) is 10.1 Å². The second kappa shape index (κ2) is 3.75. The van der Waals surface area contributed by atoms with E-state index in [1.165, 1.54) is 6.07 Å². The molecule has 0 bridgehead atoms. The minimum Gasteiger partial charge on any atom is -0.358 e. The molecule has 0 aliphatic carbocycles. The van der Waals surface area contributed by atoms with Gasteiger partial charge in [0.1, 0.15) is 0 Å². The van der Waals surface area contributed by atoms with Gasteiger partial charge in [-0.1, -0.05) is 18.9 Å². The van der Waals surface area contributed by atoms with Gasteiger partial charge in [0.05, 0.1) is 11.8 Å². The lowest BCUT2D eigenvalue weighted by molar-refractivity contribution is -0.389. The van der Waals surface area contributed by atoms with Gasteiger partial charge in [0, 0.05) is 5.41 Å². The fraction of sp³-hybridized carbons (Fsp3) is 0.625. The van der Waals surface area contributed by atoms with E-state index >= 15 is 0 Å². The average Bonchev–Trinajstić information content (AvgIpc) is 2.51. The summed E-state index contributed by atoms with van der Waals surface area (Å²) in [6.45, 7) is 4.45. The second-order valence-corrected chi connectivity index (χ2v) is 3.82. The van der Waals surface area contributed by atoms with Gasteiger partial charge in [-0.15, -0.1) is 5.10 Å². The van der Waals surface area contributed by atoms with Gasteiger partial charge in [0.15, 0.2) is 0 Å². The predicted octanol–water partition coefficient (Wildman–Crippen LogP) is 0.944. The van der Waals surface area contributed by atoms with E-state index in [1.807, 2.05) is 13.8 Å². The van der Waals surface area contributed by atoms with E-state index in [9.17, 15) is 10.1 Å². The third-order valence-electron chi connectivity index (χ3n) is 2.22. The van der Waals surface area contributed by atoms with Crippen LogP contribution in [-0.4, -0.2) is 21.7 Å². The fourth-order valence-corrected chi connectivity index (χ4v) is 1.24. The summed E-state index contributed by atoms with van der Waals surface area (Å²) in [7, 11) is 0. The second-order valence-electron chi connectivity index (χ2n) is 3.82. The highest BCUT2D eigenvalue weighted by Crippen LogP contribution is 2.26. The van der Waals surface area contributed by atoms with Gasteiger partial charge in [-0.25, -0.2) is 0 Å². The van der Waals surface area contributed by atoms with Gasteiger partial charge in [-0.2, -0.15) is 0 Å². The molecule has 0 unspecified atom stereocenters. The zero-order chi connectivity index (χ0) is 10.8. The van der Waals surface area contributed by atoms with Crippen LogP contribution in [0.15, 0.2) is 6.07 Å². The highest BCUT2D eigenvalue weighted by molar-refractivity contribution is 5.25. The Morgan fingerprint density at radius 1 is 1.71 bits per heavy atom. The normalized spacial score (nSPS) is 11.6. The molecule has 0 aromatic carbocycles. The number of nitrogens with two attached hydrogens (primary N) is 1. The van der Waals surface area contributed by atoms with Crippen LogP contribution in [0.4, 0.5) is 5.82 Å². The van der Waals surface area contributed by atoms with Crippen molar-refractivity contribution in [3.8, 4) is 0 Å². The number of nitrogens with one attached hydrogen (secondary N) is 1. The van der Waals surface area contributed by atoms with E-state index in [-0.39, 0.29) is 11.2 Å². The van der Waals surface area contributed by atoms with E-state index in [1.54, 1.807) is 0 Å². The smallest absolute Gasteiger partial charge is 0.342 e. The van der Waals surface area contributed by atoms with Gasteiger partial charge in [-0.05, 0) is 17.9 Å². The Morgan fingerprint density at radius 2 is 2.36 bits per heavy atom. The van der Waals surface area contributed by atoms with E-state index in [4.69, 9.17) is 5.73 Å². The summed E-state index contributed by atoms with van der Waals surface area (Å²) in [5.41, 5.74) is 5.90. The Labute approximate surface area is 81.6 Å². The Bertz CT molecular complexity index is 332. The lowest BCUT2D eigenvalue weighted by Crippen LogP contribution is -2.22. The van der Waals surface area contributed by atoms with Crippen molar-refractivity contribution in [3.05, 3.63) is 21.9 Å². The lowest BCUT2D eigenvalue weighted by atomic mass is 9.86. The standard InChI is InChI=1S/C8H14N4O2/c1-8(2,3-4-9)6-5-7(11-10-6)12(13)14/h5H,3-4,9H2,1-2H3,(H,10,11). The van der Waals surface area contributed by atoms with Crippen molar-refractivity contribution < 1.29 is 4.92 Å². The molecule has 0 radical (unpaired) electrons. The molecule has 1 heterocycles. The van der Waals surface area contributed by atoms with E-state index < -0.39 is 4.92 Å². The number of aromatic nitrogens is 2. The third kappa shape index (κ3) is 2.08. The molecule has 1 aromatic heterocycles. The summed E-state index contributed by atoms with van der Waals surface area (Å²) in [6.07, 6.45) is 0.745. The molecular formula is C8H14N4O2. The van der Waals surface area contributed by atoms with Crippen molar-refractivity contribution in [1.82, 2.24) is 10.2 Å². The van der Waals surface area contributed by atoms with Crippen molar-refractivity contribution in [3.63, 3.8) is 0 Å². The first kappa shape index (κ1) is 10.6. The maximum absolute atomic E-state index is 10.4. The van der Waals surface area contributed by atoms with Gasteiger partial charge in [0.25, 0.3) is 0 Å². The quantitative estimate of drug-likeness (QED) is 0.555. The molecule has 0 fully saturated rings. The number of nitro groups is 1. The van der Waals surface area contributed by atoms with Crippen LogP contribution in [0.3, 0.4) is 0 Å². The molecule has 1 aromatic rings. The van der Waals surface area contributed by atoms with E-state index in [0.717, 1.165) is 6.42 Å².